The van der Waals surface area contributed by atoms with E-state index in [0.29, 0.717) is 11.6 Å². The molecule has 1 fully saturated rings. The number of nitrogens with zero attached hydrogens (tertiary/aromatic N) is 1. The number of amides is 1. The fourth-order valence-corrected chi connectivity index (χ4v) is 3.73. The lowest BCUT2D eigenvalue weighted by atomic mass is 9.82. The molecule has 1 aromatic heterocycles. The molecule has 1 amide bonds. The van der Waals surface area contributed by atoms with Crippen LogP contribution in [0.3, 0.4) is 0 Å². The van der Waals surface area contributed by atoms with E-state index >= 15 is 0 Å². The molecule has 1 saturated carbocycles. The predicted octanol–water partition coefficient (Wildman–Crippen LogP) is 4.01. The number of hydrogen-bond donors (Lipinski definition) is 1. The monoisotopic (exact) mass is 309 g/mol. The van der Waals surface area contributed by atoms with Gasteiger partial charge in [0.2, 0.25) is 5.91 Å². The van der Waals surface area contributed by atoms with Crippen LogP contribution in [0.1, 0.15) is 56.1 Å². The molecular formula is C16H23NO3S. The van der Waals surface area contributed by atoms with Crippen LogP contribution in [-0.4, -0.2) is 23.0 Å². The fraction of sp³-hybridized carbons (Fsp3) is 0.625. The third-order valence-electron chi connectivity index (χ3n) is 4.22. The molecule has 4 nitrogen and oxygen atoms in total. The Morgan fingerprint density at radius 3 is 2.43 bits per heavy atom. The van der Waals surface area contributed by atoms with Gasteiger partial charge in [0.25, 0.3) is 0 Å². The maximum atomic E-state index is 12.9. The number of carboxylic acids is 1. The summed E-state index contributed by atoms with van der Waals surface area (Å²) in [4.78, 5) is 26.1. The minimum absolute atomic E-state index is 0.0325. The molecule has 1 aliphatic carbocycles. The van der Waals surface area contributed by atoms with E-state index in [1.807, 2.05) is 13.8 Å². The number of aromatic carboxylic acids is 1. The zero-order valence-corrected chi connectivity index (χ0v) is 13.7. The molecule has 1 aromatic rings. The van der Waals surface area contributed by atoms with Gasteiger partial charge in [-0.25, -0.2) is 4.79 Å². The summed E-state index contributed by atoms with van der Waals surface area (Å²) in [6.07, 6.45) is 3.99. The van der Waals surface area contributed by atoms with Gasteiger partial charge in [0.1, 0.15) is 4.88 Å². The minimum Gasteiger partial charge on any atom is -0.477 e. The highest BCUT2D eigenvalue weighted by Crippen LogP contribution is 2.34. The van der Waals surface area contributed by atoms with Crippen molar-refractivity contribution in [2.45, 2.75) is 52.5 Å². The molecule has 0 aromatic carbocycles. The third kappa shape index (κ3) is 3.46. The van der Waals surface area contributed by atoms with Gasteiger partial charge in [0.05, 0.1) is 5.69 Å². The number of carbonyl (C=O) groups excluding carboxylic acids is 1. The number of carboxylic acid groups (broad SMARTS) is 1. The third-order valence-corrected chi connectivity index (χ3v) is 5.11. The largest absolute Gasteiger partial charge is 0.477 e. The number of thiophene rings is 1. The van der Waals surface area contributed by atoms with Crippen molar-refractivity contribution in [3.05, 3.63) is 16.3 Å². The number of rotatable bonds is 4. The lowest BCUT2D eigenvalue weighted by Gasteiger charge is -2.33. The smallest absolute Gasteiger partial charge is 0.348 e. The maximum absolute atomic E-state index is 12.9. The summed E-state index contributed by atoms with van der Waals surface area (Å²) in [6, 6.07) is 1.71. The van der Waals surface area contributed by atoms with Crippen LogP contribution in [-0.2, 0) is 4.79 Å². The van der Waals surface area contributed by atoms with Gasteiger partial charge >= 0.3 is 5.97 Å². The van der Waals surface area contributed by atoms with E-state index in [4.69, 9.17) is 0 Å². The SMILES string of the molecule is CC(C)N(c1ccsc1C(=O)O)C(=O)[C@H]1CC[C@H](C)CC1. The van der Waals surface area contributed by atoms with Gasteiger partial charge in [0.15, 0.2) is 0 Å². The Bertz CT molecular complexity index is 515. The quantitative estimate of drug-likeness (QED) is 0.914. The molecule has 0 atom stereocenters. The molecule has 1 N–H and O–H groups in total. The molecular weight excluding hydrogens is 286 g/mol. The Labute approximate surface area is 129 Å². The maximum Gasteiger partial charge on any atom is 0.348 e. The Morgan fingerprint density at radius 1 is 1.29 bits per heavy atom. The molecule has 0 radical (unpaired) electrons. The second-order valence-electron chi connectivity index (χ2n) is 6.20. The molecule has 2 rings (SSSR count). The summed E-state index contributed by atoms with van der Waals surface area (Å²) in [7, 11) is 0. The van der Waals surface area contributed by atoms with Crippen LogP contribution in [0, 0.1) is 11.8 Å². The average molecular weight is 309 g/mol. The topological polar surface area (TPSA) is 57.6 Å². The van der Waals surface area contributed by atoms with Crippen molar-refractivity contribution < 1.29 is 14.7 Å². The van der Waals surface area contributed by atoms with Gasteiger partial charge in [-0.15, -0.1) is 11.3 Å². The van der Waals surface area contributed by atoms with E-state index in [0.717, 1.165) is 25.7 Å². The Kier molecular flexibility index (Phi) is 5.04. The van der Waals surface area contributed by atoms with Crippen LogP contribution in [0.5, 0.6) is 0 Å². The van der Waals surface area contributed by atoms with Crippen LogP contribution < -0.4 is 4.90 Å². The second kappa shape index (κ2) is 6.60. The standard InChI is InChI=1S/C16H23NO3S/c1-10(2)17(13-8-9-21-14(13)16(19)20)15(18)12-6-4-11(3)5-7-12/h8-12H,4-7H2,1-3H3,(H,19,20)/t11-,12-. The summed E-state index contributed by atoms with van der Waals surface area (Å²) in [5.74, 6) is -0.157. The van der Waals surface area contributed by atoms with Crippen molar-refractivity contribution in [1.82, 2.24) is 0 Å². The zero-order valence-electron chi connectivity index (χ0n) is 12.8. The minimum atomic E-state index is -0.962. The predicted molar refractivity (Wildman–Crippen MR) is 85.0 cm³/mol. The van der Waals surface area contributed by atoms with Crippen molar-refractivity contribution >= 4 is 28.9 Å². The van der Waals surface area contributed by atoms with Crippen molar-refractivity contribution in [2.24, 2.45) is 11.8 Å². The van der Waals surface area contributed by atoms with Gasteiger partial charge in [-0.3, -0.25) is 4.79 Å². The molecule has 0 spiro atoms. The van der Waals surface area contributed by atoms with Crippen molar-refractivity contribution in [3.8, 4) is 0 Å². The van der Waals surface area contributed by atoms with Crippen LogP contribution in [0.4, 0.5) is 5.69 Å². The Morgan fingerprint density at radius 2 is 1.90 bits per heavy atom. The van der Waals surface area contributed by atoms with Crippen molar-refractivity contribution in [2.75, 3.05) is 4.90 Å². The van der Waals surface area contributed by atoms with E-state index < -0.39 is 5.97 Å². The summed E-state index contributed by atoms with van der Waals surface area (Å²) in [5.41, 5.74) is 0.547. The first-order valence-electron chi connectivity index (χ1n) is 7.55. The van der Waals surface area contributed by atoms with E-state index in [2.05, 4.69) is 6.92 Å². The molecule has 1 aliphatic rings. The van der Waals surface area contributed by atoms with E-state index in [-0.39, 0.29) is 22.7 Å². The molecule has 0 aliphatic heterocycles. The van der Waals surface area contributed by atoms with Crippen LogP contribution in [0.15, 0.2) is 11.4 Å². The molecule has 0 unspecified atom stereocenters. The van der Waals surface area contributed by atoms with E-state index in [1.165, 1.54) is 11.3 Å². The number of carbonyl (C=O) groups is 2. The van der Waals surface area contributed by atoms with Gasteiger partial charge in [-0.1, -0.05) is 6.92 Å². The Hall–Kier alpha value is -1.36. The highest BCUT2D eigenvalue weighted by Gasteiger charge is 2.32. The van der Waals surface area contributed by atoms with Gasteiger partial charge in [-0.05, 0) is 56.9 Å². The average Bonchev–Trinajstić information content (AvgIpc) is 2.88. The number of anilines is 1. The van der Waals surface area contributed by atoms with Crippen LogP contribution in [0.2, 0.25) is 0 Å². The second-order valence-corrected chi connectivity index (χ2v) is 7.12. The lowest BCUT2D eigenvalue weighted by molar-refractivity contribution is -0.123. The van der Waals surface area contributed by atoms with Crippen LogP contribution >= 0.6 is 11.3 Å². The van der Waals surface area contributed by atoms with Gasteiger partial charge in [0, 0.05) is 12.0 Å². The van der Waals surface area contributed by atoms with Gasteiger partial charge in [-0.2, -0.15) is 0 Å². The molecule has 0 saturated heterocycles. The lowest BCUT2D eigenvalue weighted by Crippen LogP contribution is -2.42. The molecule has 0 bridgehead atoms. The summed E-state index contributed by atoms with van der Waals surface area (Å²) < 4.78 is 0. The molecule has 5 heteroatoms. The summed E-state index contributed by atoms with van der Waals surface area (Å²) >= 11 is 1.17. The molecule has 21 heavy (non-hydrogen) atoms. The van der Waals surface area contributed by atoms with E-state index in [9.17, 15) is 14.7 Å². The first-order chi connectivity index (χ1) is 9.91. The number of hydrogen-bond acceptors (Lipinski definition) is 3. The fourth-order valence-electron chi connectivity index (χ4n) is 3.01. The highest BCUT2D eigenvalue weighted by atomic mass is 32.1. The normalized spacial score (nSPS) is 22.3. The summed E-state index contributed by atoms with van der Waals surface area (Å²) in [5, 5.41) is 11.0. The Balaban J connectivity index is 2.24. The van der Waals surface area contributed by atoms with Crippen molar-refractivity contribution in [1.29, 1.82) is 0 Å². The highest BCUT2D eigenvalue weighted by molar-refractivity contribution is 7.12. The van der Waals surface area contributed by atoms with Crippen molar-refractivity contribution in [3.63, 3.8) is 0 Å². The first-order valence-corrected chi connectivity index (χ1v) is 8.43. The molecule has 116 valence electrons. The van der Waals surface area contributed by atoms with Crippen LogP contribution in [0.25, 0.3) is 0 Å². The summed E-state index contributed by atoms with van der Waals surface area (Å²) in [6.45, 7) is 6.10. The van der Waals surface area contributed by atoms with Gasteiger partial charge < -0.3 is 10.0 Å². The van der Waals surface area contributed by atoms with E-state index in [1.54, 1.807) is 16.3 Å². The zero-order chi connectivity index (χ0) is 15.6. The molecule has 1 heterocycles. The first kappa shape index (κ1) is 16.0.